The molecule has 0 atom stereocenters. The molecule has 8 rings (SSSR count). The highest BCUT2D eigenvalue weighted by atomic mass is 28.3. The molecule has 0 amide bonds. The molecule has 0 bridgehead atoms. The zero-order valence-corrected chi connectivity index (χ0v) is 28.0. The Kier molecular flexibility index (Phi) is 7.63. The van der Waals surface area contributed by atoms with Crippen molar-refractivity contribution in [3.05, 3.63) is 198 Å². The molecule has 4 nitrogen and oxygen atoms in total. The van der Waals surface area contributed by atoms with Crippen molar-refractivity contribution in [3.63, 3.8) is 0 Å². The second-order valence-corrected chi connectivity index (χ2v) is 16.0. The molecule has 0 aliphatic rings. The Morgan fingerprint density at radius 1 is 0.520 bits per heavy atom. The van der Waals surface area contributed by atoms with Gasteiger partial charge < -0.3 is 4.57 Å². The van der Waals surface area contributed by atoms with Crippen molar-refractivity contribution in [2.75, 3.05) is 0 Å². The molecule has 0 spiro atoms. The summed E-state index contributed by atoms with van der Waals surface area (Å²) in [6.45, 7) is 16.3. The van der Waals surface area contributed by atoms with Gasteiger partial charge in [0.25, 0.3) is 0 Å². The number of nitriles is 1. The third-order valence-electron chi connectivity index (χ3n) is 9.57. The fraction of sp³-hybridized carbons (Fsp3) is 0. The first-order valence-electron chi connectivity index (χ1n) is 16.3. The second kappa shape index (κ2) is 12.6. The Labute approximate surface area is 292 Å². The molecule has 0 aliphatic carbocycles. The topological polar surface area (TPSA) is 37.4 Å². The number of aromatic nitrogens is 1. The van der Waals surface area contributed by atoms with Crippen LogP contribution in [-0.2, 0) is 0 Å². The van der Waals surface area contributed by atoms with Gasteiger partial charge in [-0.25, -0.2) is 9.69 Å². The first-order chi connectivity index (χ1) is 24.6. The summed E-state index contributed by atoms with van der Waals surface area (Å²) in [5.74, 6) is 0. The van der Waals surface area contributed by atoms with Crippen LogP contribution < -0.4 is 20.7 Å². The smallest absolute Gasteiger partial charge is 0.194 e. The molecule has 1 aromatic heterocycles. The second-order valence-electron chi connectivity index (χ2n) is 12.2. The Hall–Kier alpha value is -6.97. The van der Waals surface area contributed by atoms with E-state index < -0.39 is 8.07 Å². The Balaban J connectivity index is 1.42. The third-order valence-corrected chi connectivity index (χ3v) is 14.3. The van der Waals surface area contributed by atoms with Gasteiger partial charge in [-0.2, -0.15) is 5.26 Å². The number of fused-ring (bicyclic) bond motifs is 3. The highest BCUT2D eigenvalue weighted by Gasteiger charge is 2.41. The molecular weight excluding hydrogens is 625 g/mol. The van der Waals surface area contributed by atoms with Crippen LogP contribution in [0.3, 0.4) is 0 Å². The molecule has 50 heavy (non-hydrogen) atoms. The largest absolute Gasteiger partial charge is 0.310 e. The van der Waals surface area contributed by atoms with Crippen LogP contribution in [0.25, 0.3) is 48.3 Å². The summed E-state index contributed by atoms with van der Waals surface area (Å²) < 4.78 is 2.16. The van der Waals surface area contributed by atoms with E-state index in [1.807, 2.05) is 48.5 Å². The maximum Gasteiger partial charge on any atom is 0.194 e. The Morgan fingerprint density at radius 3 is 1.72 bits per heavy atom. The number of para-hydroxylation sites is 1. The molecule has 0 fully saturated rings. The quantitative estimate of drug-likeness (QED) is 0.101. The predicted molar refractivity (Wildman–Crippen MR) is 207 cm³/mol. The van der Waals surface area contributed by atoms with Gasteiger partial charge in [0, 0.05) is 16.5 Å². The molecule has 0 N–H and O–H groups in total. The van der Waals surface area contributed by atoms with E-state index in [1.54, 1.807) is 0 Å². The normalized spacial score (nSPS) is 11.1. The fourth-order valence-corrected chi connectivity index (χ4v) is 12.2. The summed E-state index contributed by atoms with van der Waals surface area (Å²) in [4.78, 5) is 7.91. The van der Waals surface area contributed by atoms with Gasteiger partial charge in [0.15, 0.2) is 19.4 Å². The number of rotatable bonds is 6. The lowest BCUT2D eigenvalue weighted by Crippen LogP contribution is -2.74. The summed E-state index contributed by atoms with van der Waals surface area (Å²) in [7, 11) is -2.87. The van der Waals surface area contributed by atoms with Gasteiger partial charge in [0.2, 0.25) is 0 Å². The molecule has 0 radical (unpaired) electrons. The number of hydrogen-bond acceptors (Lipinski definition) is 1. The highest BCUT2D eigenvalue weighted by Crippen LogP contribution is 2.38. The zero-order chi connectivity index (χ0) is 34.1. The van der Waals surface area contributed by atoms with Crippen LogP contribution in [0.1, 0.15) is 5.56 Å². The lowest BCUT2D eigenvalue weighted by atomic mass is 10.0. The zero-order valence-electron chi connectivity index (χ0n) is 27.0. The Morgan fingerprint density at radius 2 is 1.12 bits per heavy atom. The van der Waals surface area contributed by atoms with E-state index >= 15 is 0 Å². The van der Waals surface area contributed by atoms with Crippen LogP contribution in [0.15, 0.2) is 170 Å². The molecule has 7 aromatic carbocycles. The average Bonchev–Trinajstić information content (AvgIpc) is 3.53. The third kappa shape index (κ3) is 4.88. The SMILES string of the molecule is [C-]#[N+]c1cc(-c2cc([Si](c3ccccc3)(c3ccccc3)c3ccccc3)ccc2[N+]#[C-])cc(-n2c3ccccc3c3cc(C#N)ccc32)c1. The first kappa shape index (κ1) is 30.4. The summed E-state index contributed by atoms with van der Waals surface area (Å²) in [6.07, 6.45) is 0. The maximum atomic E-state index is 9.66. The lowest BCUT2D eigenvalue weighted by molar-refractivity contribution is 1.18. The van der Waals surface area contributed by atoms with Crippen molar-refractivity contribution in [3.8, 4) is 22.9 Å². The van der Waals surface area contributed by atoms with Gasteiger partial charge in [0.1, 0.15) is 0 Å². The van der Waals surface area contributed by atoms with Gasteiger partial charge >= 0.3 is 0 Å². The molecule has 0 saturated carbocycles. The fourth-order valence-electron chi connectivity index (χ4n) is 7.43. The van der Waals surface area contributed by atoms with E-state index in [9.17, 15) is 5.26 Å². The summed E-state index contributed by atoms with van der Waals surface area (Å²) >= 11 is 0. The van der Waals surface area contributed by atoms with Gasteiger partial charge in [-0.05, 0) is 74.3 Å². The van der Waals surface area contributed by atoms with Crippen molar-refractivity contribution < 1.29 is 0 Å². The Bertz CT molecular complexity index is 2580. The number of hydrogen-bond donors (Lipinski definition) is 0. The summed E-state index contributed by atoms with van der Waals surface area (Å²) in [5.41, 5.74) is 5.95. The van der Waals surface area contributed by atoms with E-state index in [-0.39, 0.29) is 0 Å². The van der Waals surface area contributed by atoms with Crippen molar-refractivity contribution in [2.45, 2.75) is 0 Å². The van der Waals surface area contributed by atoms with Gasteiger partial charge in [-0.3, -0.25) is 0 Å². The minimum Gasteiger partial charge on any atom is -0.310 e. The minimum atomic E-state index is -2.87. The highest BCUT2D eigenvalue weighted by molar-refractivity contribution is 7.19. The minimum absolute atomic E-state index is 0.482. The van der Waals surface area contributed by atoms with Crippen molar-refractivity contribution >= 4 is 62.0 Å². The van der Waals surface area contributed by atoms with E-state index in [1.165, 1.54) is 15.6 Å². The molecule has 5 heteroatoms. The van der Waals surface area contributed by atoms with Crippen LogP contribution in [-0.4, -0.2) is 12.6 Å². The molecule has 1 heterocycles. The number of nitrogens with zero attached hydrogens (tertiary/aromatic N) is 4. The van der Waals surface area contributed by atoms with Crippen molar-refractivity contribution in [1.29, 1.82) is 5.26 Å². The molecular formula is C45H28N4Si. The van der Waals surface area contributed by atoms with E-state index in [2.05, 4.69) is 142 Å². The predicted octanol–water partition coefficient (Wildman–Crippen LogP) is 8.80. The van der Waals surface area contributed by atoms with Crippen LogP contribution in [0.2, 0.25) is 0 Å². The first-order valence-corrected chi connectivity index (χ1v) is 18.3. The molecule has 232 valence electrons. The average molecular weight is 653 g/mol. The van der Waals surface area contributed by atoms with E-state index in [4.69, 9.17) is 13.1 Å². The van der Waals surface area contributed by atoms with Crippen molar-refractivity contribution in [1.82, 2.24) is 4.57 Å². The lowest BCUT2D eigenvalue weighted by Gasteiger charge is -2.35. The summed E-state index contributed by atoms with van der Waals surface area (Å²) in [5, 5.41) is 16.6. The van der Waals surface area contributed by atoms with Crippen LogP contribution in [0.4, 0.5) is 11.4 Å². The monoisotopic (exact) mass is 652 g/mol. The van der Waals surface area contributed by atoms with Gasteiger partial charge in [0.05, 0.1) is 35.8 Å². The summed E-state index contributed by atoms with van der Waals surface area (Å²) in [6, 6.07) is 60.5. The molecule has 0 saturated heterocycles. The van der Waals surface area contributed by atoms with Crippen LogP contribution in [0.5, 0.6) is 0 Å². The molecule has 8 aromatic rings. The van der Waals surface area contributed by atoms with Crippen LogP contribution >= 0.6 is 0 Å². The maximum absolute atomic E-state index is 9.66. The number of benzene rings is 7. The van der Waals surface area contributed by atoms with E-state index in [0.717, 1.165) is 43.8 Å². The standard InChI is InChI=1S/C45H28N4Si/c1-47-34-27-33(28-35(29-34)49-44-21-13-12-20-40(44)42-26-32(31-46)22-25-45(42)49)41-30-39(23-24-43(41)48-2)50(36-14-6-3-7-15-36,37-16-8-4-9-17-37)38-18-10-5-11-19-38/h3-30H. The van der Waals surface area contributed by atoms with E-state index in [0.29, 0.717) is 16.9 Å². The van der Waals surface area contributed by atoms with Crippen molar-refractivity contribution in [2.24, 2.45) is 0 Å². The molecule has 0 unspecified atom stereocenters. The molecule has 0 aliphatic heterocycles. The van der Waals surface area contributed by atoms with Gasteiger partial charge in [-0.1, -0.05) is 127 Å². The van der Waals surface area contributed by atoms with Crippen LogP contribution in [0, 0.1) is 24.5 Å². The van der Waals surface area contributed by atoms with Gasteiger partial charge in [-0.15, -0.1) is 0 Å².